The Morgan fingerprint density at radius 1 is 1.08 bits per heavy atom. The van der Waals surface area contributed by atoms with Gasteiger partial charge in [0.1, 0.15) is 12.4 Å². The quantitative estimate of drug-likeness (QED) is 0.431. The van der Waals surface area contributed by atoms with Gasteiger partial charge in [0.25, 0.3) is 0 Å². The van der Waals surface area contributed by atoms with Crippen molar-refractivity contribution in [2.24, 2.45) is 0 Å². The lowest BCUT2D eigenvalue weighted by Gasteiger charge is -2.06. The summed E-state index contributed by atoms with van der Waals surface area (Å²) in [5, 5.41) is 9.05. The molecule has 0 saturated heterocycles. The van der Waals surface area contributed by atoms with Crippen LogP contribution in [0.15, 0.2) is 30.3 Å². The standard InChI is InChI=1S/C21H32NO3.ClH/c1-2-3-4-5-6-7-17-24-20-11-8-19(9-12-20)10-13-21-22(14-16-23)15-18-25-21;/h8-13,23H,2-7,14-18H2,1H3;1H/q+1;/p-1/b13-10+;. The van der Waals surface area contributed by atoms with Crippen LogP contribution in [-0.4, -0.2) is 48.5 Å². The maximum absolute atomic E-state index is 9.05. The van der Waals surface area contributed by atoms with Crippen LogP contribution in [0.3, 0.4) is 0 Å². The molecule has 1 heterocycles. The van der Waals surface area contributed by atoms with E-state index in [1.165, 1.54) is 32.1 Å². The van der Waals surface area contributed by atoms with E-state index in [0.717, 1.165) is 36.8 Å². The Morgan fingerprint density at radius 2 is 1.81 bits per heavy atom. The second-order valence-corrected chi connectivity index (χ2v) is 6.42. The Bertz CT molecular complexity index is 555. The van der Waals surface area contributed by atoms with Gasteiger partial charge in [-0.1, -0.05) is 51.2 Å². The van der Waals surface area contributed by atoms with Crippen molar-refractivity contribution in [1.29, 1.82) is 0 Å². The van der Waals surface area contributed by atoms with E-state index in [4.69, 9.17) is 14.6 Å². The molecule has 1 aliphatic heterocycles. The molecule has 4 nitrogen and oxygen atoms in total. The van der Waals surface area contributed by atoms with Crippen LogP contribution in [0.2, 0.25) is 0 Å². The van der Waals surface area contributed by atoms with E-state index in [9.17, 15) is 0 Å². The fourth-order valence-corrected chi connectivity index (χ4v) is 2.87. The van der Waals surface area contributed by atoms with Gasteiger partial charge in [-0.15, -0.1) is 0 Å². The summed E-state index contributed by atoms with van der Waals surface area (Å²) in [5.41, 5.74) is 1.11. The van der Waals surface area contributed by atoms with Gasteiger partial charge in [0.15, 0.2) is 19.7 Å². The minimum Gasteiger partial charge on any atom is -1.00 e. The van der Waals surface area contributed by atoms with Crippen molar-refractivity contribution in [2.75, 3.05) is 32.9 Å². The van der Waals surface area contributed by atoms with Crippen LogP contribution in [0.25, 0.3) is 6.08 Å². The molecule has 5 heteroatoms. The second kappa shape index (κ2) is 13.7. The minimum atomic E-state index is 0. The number of aliphatic hydroxyl groups is 1. The highest BCUT2D eigenvalue weighted by Crippen LogP contribution is 2.14. The first kappa shape index (κ1) is 22.5. The smallest absolute Gasteiger partial charge is 0.362 e. The second-order valence-electron chi connectivity index (χ2n) is 6.42. The molecule has 0 saturated carbocycles. The van der Waals surface area contributed by atoms with Crippen molar-refractivity contribution < 1.29 is 31.6 Å². The van der Waals surface area contributed by atoms with Crippen molar-refractivity contribution >= 4 is 12.0 Å². The molecule has 0 radical (unpaired) electrons. The van der Waals surface area contributed by atoms with E-state index in [-0.39, 0.29) is 19.0 Å². The summed E-state index contributed by atoms with van der Waals surface area (Å²) < 4.78 is 13.4. The zero-order valence-corrected chi connectivity index (χ0v) is 16.6. The predicted octanol–water partition coefficient (Wildman–Crippen LogP) is 0.877. The highest BCUT2D eigenvalue weighted by molar-refractivity contribution is 5.88. The van der Waals surface area contributed by atoms with Gasteiger partial charge in [-0.3, -0.25) is 0 Å². The van der Waals surface area contributed by atoms with E-state index >= 15 is 0 Å². The molecule has 0 fully saturated rings. The Kier molecular flexibility index (Phi) is 11.8. The number of hydrogen-bond acceptors (Lipinski definition) is 3. The highest BCUT2D eigenvalue weighted by Gasteiger charge is 2.20. The van der Waals surface area contributed by atoms with E-state index in [0.29, 0.717) is 13.2 Å². The number of aliphatic hydroxyl groups excluding tert-OH is 1. The van der Waals surface area contributed by atoms with Gasteiger partial charge in [0, 0.05) is 0 Å². The third-order valence-electron chi connectivity index (χ3n) is 4.36. The molecule has 1 aliphatic rings. The van der Waals surface area contributed by atoms with Crippen LogP contribution >= 0.6 is 0 Å². The molecule has 0 amide bonds. The van der Waals surface area contributed by atoms with Gasteiger partial charge in [0.2, 0.25) is 0 Å². The molecule has 0 aromatic heterocycles. The zero-order valence-electron chi connectivity index (χ0n) is 15.8. The van der Waals surface area contributed by atoms with Crippen LogP contribution in [0.4, 0.5) is 0 Å². The van der Waals surface area contributed by atoms with Gasteiger partial charge in [-0.2, -0.15) is 4.58 Å². The SMILES string of the molecule is CCCCCCCCOc1ccc(/C=C/C2=[N+](CCO)CCO2)cc1.[Cl-]. The molecular weight excluding hydrogens is 350 g/mol. The summed E-state index contributed by atoms with van der Waals surface area (Å²) in [6.07, 6.45) is 11.7. The molecule has 2 rings (SSSR count). The summed E-state index contributed by atoms with van der Waals surface area (Å²) in [5.74, 6) is 1.76. The molecular formula is C21H32ClNO3. The number of unbranched alkanes of at least 4 members (excludes halogenated alkanes) is 5. The van der Waals surface area contributed by atoms with Gasteiger partial charge >= 0.3 is 5.90 Å². The number of halogens is 1. The van der Waals surface area contributed by atoms with Crippen molar-refractivity contribution in [1.82, 2.24) is 0 Å². The Morgan fingerprint density at radius 3 is 2.54 bits per heavy atom. The number of β-amino-alcohol motifs (C(OH)–C–C–N with tert-alkyl or cyclic N) is 1. The number of nitrogens with zero attached hydrogens (tertiary/aromatic N) is 1. The average Bonchev–Trinajstić information content (AvgIpc) is 3.08. The van der Waals surface area contributed by atoms with Crippen molar-refractivity contribution in [2.45, 2.75) is 45.4 Å². The number of rotatable bonds is 12. The first-order valence-corrected chi connectivity index (χ1v) is 9.60. The third kappa shape index (κ3) is 8.24. The van der Waals surface area contributed by atoms with E-state index < -0.39 is 0 Å². The molecule has 146 valence electrons. The Labute approximate surface area is 163 Å². The summed E-state index contributed by atoms with van der Waals surface area (Å²) in [6.45, 7) is 5.32. The summed E-state index contributed by atoms with van der Waals surface area (Å²) in [6, 6.07) is 8.14. The minimum absolute atomic E-state index is 0. The third-order valence-corrected chi connectivity index (χ3v) is 4.36. The Balaban J connectivity index is 0.00000338. The van der Waals surface area contributed by atoms with Crippen LogP contribution in [-0.2, 0) is 4.74 Å². The summed E-state index contributed by atoms with van der Waals surface area (Å²) >= 11 is 0. The molecule has 1 N–H and O–H groups in total. The van der Waals surface area contributed by atoms with Crippen molar-refractivity contribution in [3.05, 3.63) is 35.9 Å². The zero-order chi connectivity index (χ0) is 17.7. The van der Waals surface area contributed by atoms with Crippen LogP contribution < -0.4 is 17.1 Å². The molecule has 26 heavy (non-hydrogen) atoms. The molecule has 0 bridgehead atoms. The number of ether oxygens (including phenoxy) is 2. The van der Waals surface area contributed by atoms with Crippen LogP contribution in [0.1, 0.15) is 51.0 Å². The van der Waals surface area contributed by atoms with Crippen molar-refractivity contribution in [3.8, 4) is 5.75 Å². The monoisotopic (exact) mass is 381 g/mol. The largest absolute Gasteiger partial charge is 1.00 e. The van der Waals surface area contributed by atoms with Crippen LogP contribution in [0.5, 0.6) is 5.75 Å². The van der Waals surface area contributed by atoms with Gasteiger partial charge in [-0.25, -0.2) is 0 Å². The highest BCUT2D eigenvalue weighted by atomic mass is 35.5. The number of hydrogen-bond donors (Lipinski definition) is 1. The average molecular weight is 382 g/mol. The molecule has 0 atom stereocenters. The fourth-order valence-electron chi connectivity index (χ4n) is 2.87. The summed E-state index contributed by atoms with van der Waals surface area (Å²) in [4.78, 5) is 0. The van der Waals surface area contributed by atoms with E-state index in [2.05, 4.69) is 23.6 Å². The van der Waals surface area contributed by atoms with Crippen molar-refractivity contribution in [3.63, 3.8) is 0 Å². The number of benzene rings is 1. The molecule has 0 spiro atoms. The molecule has 1 aromatic carbocycles. The first-order chi connectivity index (χ1) is 12.3. The normalized spacial score (nSPS) is 13.8. The Hall–Kier alpha value is -1.52. The first-order valence-electron chi connectivity index (χ1n) is 9.60. The fraction of sp³-hybridized carbons (Fsp3) is 0.571. The molecule has 0 aliphatic carbocycles. The van der Waals surface area contributed by atoms with Gasteiger partial charge in [-0.05, 0) is 30.2 Å². The van der Waals surface area contributed by atoms with Crippen LogP contribution in [0, 0.1) is 0 Å². The van der Waals surface area contributed by atoms with Gasteiger partial charge < -0.3 is 27.0 Å². The predicted molar refractivity (Wildman–Crippen MR) is 102 cm³/mol. The lowest BCUT2D eigenvalue weighted by atomic mass is 10.1. The lowest BCUT2D eigenvalue weighted by molar-refractivity contribution is -0.519. The maximum atomic E-state index is 9.05. The lowest BCUT2D eigenvalue weighted by Crippen LogP contribution is -3.00. The summed E-state index contributed by atoms with van der Waals surface area (Å²) in [7, 11) is 0. The molecule has 1 aromatic rings. The van der Waals surface area contributed by atoms with E-state index in [1.54, 1.807) is 0 Å². The molecule has 0 unspecified atom stereocenters. The van der Waals surface area contributed by atoms with Gasteiger partial charge in [0.05, 0.1) is 12.7 Å². The van der Waals surface area contributed by atoms with E-state index in [1.807, 2.05) is 24.3 Å². The maximum Gasteiger partial charge on any atom is 0.362 e. The topological polar surface area (TPSA) is 41.7 Å².